The Morgan fingerprint density at radius 3 is 2.04 bits per heavy atom. The molecule has 2 aliphatic rings. The Labute approximate surface area is 154 Å². The first kappa shape index (κ1) is 17.3. The van der Waals surface area contributed by atoms with E-state index in [1.54, 1.807) is 4.90 Å². The van der Waals surface area contributed by atoms with Gasteiger partial charge in [0.05, 0.1) is 6.42 Å². The third-order valence-corrected chi connectivity index (χ3v) is 6.09. The summed E-state index contributed by atoms with van der Waals surface area (Å²) in [6, 6.07) is 19.0. The molecule has 136 valence electrons. The normalized spacial score (nSPS) is 24.2. The minimum absolute atomic E-state index is 0.0156. The first-order valence-corrected chi connectivity index (χ1v) is 9.38. The van der Waals surface area contributed by atoms with E-state index in [0.717, 1.165) is 42.6 Å². The fourth-order valence-corrected chi connectivity index (χ4v) is 4.39. The molecule has 26 heavy (non-hydrogen) atoms. The summed E-state index contributed by atoms with van der Waals surface area (Å²) >= 11 is 0. The number of benzene rings is 2. The van der Waals surface area contributed by atoms with E-state index in [1.165, 1.54) is 0 Å². The molecular weight excluding hydrogens is 324 g/mol. The number of fused-ring (bicyclic) bond motifs is 1. The van der Waals surface area contributed by atoms with Crippen molar-refractivity contribution in [1.82, 2.24) is 10.2 Å². The van der Waals surface area contributed by atoms with Gasteiger partial charge >= 0.3 is 0 Å². The van der Waals surface area contributed by atoms with Crippen molar-refractivity contribution in [3.8, 4) is 0 Å². The molecule has 4 heteroatoms. The third kappa shape index (κ3) is 3.15. The van der Waals surface area contributed by atoms with E-state index in [9.17, 15) is 9.90 Å². The highest BCUT2D eigenvalue weighted by Gasteiger charge is 2.53. The number of carbonyl (C=O) groups excluding carboxylic acids is 1. The number of aliphatic hydroxyl groups is 1. The third-order valence-electron chi connectivity index (χ3n) is 6.09. The monoisotopic (exact) mass is 350 g/mol. The zero-order chi connectivity index (χ0) is 18.1. The van der Waals surface area contributed by atoms with Crippen LogP contribution in [-0.4, -0.2) is 42.6 Å². The van der Waals surface area contributed by atoms with Crippen LogP contribution in [0.15, 0.2) is 60.7 Å². The standard InChI is InChI=1S/C22H26N2O2/c1-24(15-20-18-13-23-14-19(18)20)21(25)12-22(26,16-8-4-2-5-9-16)17-10-6-3-7-11-17/h2-11,18-20,23,26H,12-15H2,1H3. The van der Waals surface area contributed by atoms with Gasteiger partial charge in [-0.1, -0.05) is 60.7 Å². The number of rotatable bonds is 6. The van der Waals surface area contributed by atoms with Crippen molar-refractivity contribution in [2.24, 2.45) is 17.8 Å². The second-order valence-electron chi connectivity index (χ2n) is 7.69. The molecule has 2 atom stereocenters. The van der Waals surface area contributed by atoms with Crippen LogP contribution in [0.3, 0.4) is 0 Å². The van der Waals surface area contributed by atoms with E-state index < -0.39 is 5.60 Å². The Morgan fingerprint density at radius 1 is 1.04 bits per heavy atom. The van der Waals surface area contributed by atoms with Gasteiger partial charge in [-0.15, -0.1) is 0 Å². The van der Waals surface area contributed by atoms with Gasteiger partial charge in [-0.25, -0.2) is 0 Å². The summed E-state index contributed by atoms with van der Waals surface area (Å²) < 4.78 is 0. The molecule has 1 heterocycles. The molecule has 2 N–H and O–H groups in total. The number of hydrogen-bond acceptors (Lipinski definition) is 3. The first-order chi connectivity index (χ1) is 12.6. The lowest BCUT2D eigenvalue weighted by molar-refractivity contribution is -0.134. The highest BCUT2D eigenvalue weighted by Crippen LogP contribution is 2.48. The molecule has 1 saturated carbocycles. The summed E-state index contributed by atoms with van der Waals surface area (Å²) in [6.45, 7) is 2.94. The fraction of sp³-hybridized carbons (Fsp3) is 0.409. The fourth-order valence-electron chi connectivity index (χ4n) is 4.39. The van der Waals surface area contributed by atoms with Crippen molar-refractivity contribution in [3.63, 3.8) is 0 Å². The van der Waals surface area contributed by atoms with Crippen LogP contribution in [0.25, 0.3) is 0 Å². The highest BCUT2D eigenvalue weighted by molar-refractivity contribution is 5.78. The van der Waals surface area contributed by atoms with Crippen molar-refractivity contribution in [2.75, 3.05) is 26.7 Å². The molecular formula is C22H26N2O2. The maximum atomic E-state index is 12.9. The predicted octanol–water partition coefficient (Wildman–Crippen LogP) is 2.24. The van der Waals surface area contributed by atoms with Gasteiger partial charge in [-0.2, -0.15) is 0 Å². The van der Waals surface area contributed by atoms with Crippen LogP contribution >= 0.6 is 0 Å². The molecule has 1 amide bonds. The number of carbonyl (C=O) groups is 1. The number of piperidine rings is 1. The molecule has 1 aliphatic carbocycles. The number of amides is 1. The molecule has 4 nitrogen and oxygen atoms in total. The minimum Gasteiger partial charge on any atom is -0.380 e. The maximum Gasteiger partial charge on any atom is 0.225 e. The van der Waals surface area contributed by atoms with Crippen molar-refractivity contribution in [2.45, 2.75) is 12.0 Å². The van der Waals surface area contributed by atoms with Crippen molar-refractivity contribution in [1.29, 1.82) is 0 Å². The zero-order valence-electron chi connectivity index (χ0n) is 15.1. The SMILES string of the molecule is CN(CC1C2CNCC21)C(=O)CC(O)(c1ccccc1)c1ccccc1. The predicted molar refractivity (Wildman–Crippen MR) is 101 cm³/mol. The second kappa shape index (κ2) is 6.86. The van der Waals surface area contributed by atoms with E-state index in [-0.39, 0.29) is 12.3 Å². The first-order valence-electron chi connectivity index (χ1n) is 9.38. The quantitative estimate of drug-likeness (QED) is 0.840. The summed E-state index contributed by atoms with van der Waals surface area (Å²) in [7, 11) is 1.86. The molecule has 4 rings (SSSR count). The van der Waals surface area contributed by atoms with E-state index in [2.05, 4.69) is 5.32 Å². The van der Waals surface area contributed by atoms with E-state index in [1.807, 2.05) is 67.7 Å². The lowest BCUT2D eigenvalue weighted by atomic mass is 9.83. The topological polar surface area (TPSA) is 52.6 Å². The van der Waals surface area contributed by atoms with Crippen LogP contribution in [0.2, 0.25) is 0 Å². The number of nitrogens with one attached hydrogen (secondary N) is 1. The lowest BCUT2D eigenvalue weighted by Crippen LogP contribution is -2.38. The van der Waals surface area contributed by atoms with Gasteiger partial charge in [-0.05, 0) is 42.0 Å². The smallest absolute Gasteiger partial charge is 0.225 e. The van der Waals surface area contributed by atoms with E-state index in [0.29, 0.717) is 5.92 Å². The van der Waals surface area contributed by atoms with Crippen molar-refractivity contribution >= 4 is 5.91 Å². The van der Waals surface area contributed by atoms with Gasteiger partial charge in [0, 0.05) is 13.6 Å². The highest BCUT2D eigenvalue weighted by atomic mass is 16.3. The molecule has 0 radical (unpaired) electrons. The van der Waals surface area contributed by atoms with Crippen LogP contribution in [0.5, 0.6) is 0 Å². The molecule has 2 fully saturated rings. The largest absolute Gasteiger partial charge is 0.380 e. The van der Waals surface area contributed by atoms with Crippen molar-refractivity contribution < 1.29 is 9.90 Å². The summed E-state index contributed by atoms with van der Waals surface area (Å²) in [5.74, 6) is 2.06. The summed E-state index contributed by atoms with van der Waals surface area (Å²) in [6.07, 6.45) is 0.0534. The van der Waals surface area contributed by atoms with Gasteiger partial charge in [-0.3, -0.25) is 4.79 Å². The molecule has 2 unspecified atom stereocenters. The van der Waals surface area contributed by atoms with Gasteiger partial charge < -0.3 is 15.3 Å². The molecule has 2 aromatic carbocycles. The molecule has 0 bridgehead atoms. The Hall–Kier alpha value is -2.17. The average molecular weight is 350 g/mol. The minimum atomic E-state index is -1.31. The van der Waals surface area contributed by atoms with Gasteiger partial charge in [0.15, 0.2) is 0 Å². The maximum absolute atomic E-state index is 12.9. The average Bonchev–Trinajstić information content (AvgIpc) is 3.09. The van der Waals surface area contributed by atoms with Crippen molar-refractivity contribution in [3.05, 3.63) is 71.8 Å². The second-order valence-corrected chi connectivity index (χ2v) is 7.69. The molecule has 1 saturated heterocycles. The number of nitrogens with zero attached hydrogens (tertiary/aromatic N) is 1. The zero-order valence-corrected chi connectivity index (χ0v) is 15.1. The lowest BCUT2D eigenvalue weighted by Gasteiger charge is -2.31. The Kier molecular flexibility index (Phi) is 4.55. The summed E-state index contributed by atoms with van der Waals surface area (Å²) in [5, 5.41) is 14.9. The van der Waals surface area contributed by atoms with Gasteiger partial charge in [0.2, 0.25) is 5.91 Å². The Bertz CT molecular complexity index is 713. The molecule has 2 aromatic rings. The Balaban J connectivity index is 1.52. The van der Waals surface area contributed by atoms with Crippen LogP contribution in [0, 0.1) is 17.8 Å². The van der Waals surface area contributed by atoms with E-state index >= 15 is 0 Å². The Morgan fingerprint density at radius 2 is 1.54 bits per heavy atom. The molecule has 0 aromatic heterocycles. The molecule has 1 aliphatic heterocycles. The van der Waals surface area contributed by atoms with Gasteiger partial charge in [0.25, 0.3) is 0 Å². The van der Waals surface area contributed by atoms with E-state index in [4.69, 9.17) is 0 Å². The number of hydrogen-bond donors (Lipinski definition) is 2. The van der Waals surface area contributed by atoms with Gasteiger partial charge in [0.1, 0.15) is 5.60 Å². The summed E-state index contributed by atoms with van der Waals surface area (Å²) in [4.78, 5) is 14.7. The van der Waals surface area contributed by atoms with Crippen LogP contribution in [0.4, 0.5) is 0 Å². The van der Waals surface area contributed by atoms with Crippen LogP contribution < -0.4 is 5.32 Å². The van der Waals surface area contributed by atoms with Crippen LogP contribution in [-0.2, 0) is 10.4 Å². The molecule has 0 spiro atoms. The summed E-state index contributed by atoms with van der Waals surface area (Å²) in [5.41, 5.74) is 0.190. The van der Waals surface area contributed by atoms with Crippen LogP contribution in [0.1, 0.15) is 17.5 Å².